The monoisotopic (exact) mass is 347 g/mol. The van der Waals surface area contributed by atoms with Gasteiger partial charge in [-0.1, -0.05) is 11.3 Å². The molecule has 1 aromatic rings. The predicted octanol–water partition coefficient (Wildman–Crippen LogP) is 1.91. The molecular formula is C11H14BrN3O3S. The number of primary amides is 1. The first kappa shape index (κ1) is 14.3. The fourth-order valence-corrected chi connectivity index (χ4v) is 3.38. The lowest BCUT2D eigenvalue weighted by Gasteiger charge is -2.30. The van der Waals surface area contributed by atoms with Gasteiger partial charge in [0.25, 0.3) is 0 Å². The molecule has 0 radical (unpaired) electrons. The van der Waals surface area contributed by atoms with Gasteiger partial charge < -0.3 is 15.4 Å². The number of carbonyl (C=O) groups excluding carboxylic acids is 2. The molecule has 2 N–H and O–H groups in total. The van der Waals surface area contributed by atoms with Gasteiger partial charge in [-0.15, -0.1) is 0 Å². The van der Waals surface area contributed by atoms with Gasteiger partial charge in [-0.2, -0.15) is 0 Å². The quantitative estimate of drug-likeness (QED) is 0.828. The van der Waals surface area contributed by atoms with E-state index in [4.69, 9.17) is 10.5 Å². The van der Waals surface area contributed by atoms with Gasteiger partial charge in [-0.05, 0) is 22.9 Å². The van der Waals surface area contributed by atoms with E-state index in [1.165, 1.54) is 11.3 Å². The molecule has 2 rings (SSSR count). The van der Waals surface area contributed by atoms with Crippen LogP contribution in [0.1, 0.15) is 28.2 Å². The number of thiazole rings is 1. The molecule has 2 amide bonds. The Bertz CT molecular complexity index is 497. The highest BCUT2D eigenvalue weighted by atomic mass is 79.9. The van der Waals surface area contributed by atoms with E-state index in [1.54, 1.807) is 11.8 Å². The van der Waals surface area contributed by atoms with Crippen molar-refractivity contribution in [2.75, 3.05) is 13.1 Å². The molecule has 104 valence electrons. The van der Waals surface area contributed by atoms with Crippen LogP contribution in [0.15, 0.2) is 3.92 Å². The number of halogens is 1. The first-order valence-corrected chi connectivity index (χ1v) is 7.46. The summed E-state index contributed by atoms with van der Waals surface area (Å²) in [5.41, 5.74) is 5.86. The van der Waals surface area contributed by atoms with Crippen LogP contribution in [0.2, 0.25) is 0 Å². The topological polar surface area (TPSA) is 85.5 Å². The van der Waals surface area contributed by atoms with Gasteiger partial charge in [0.05, 0.1) is 5.69 Å². The van der Waals surface area contributed by atoms with Crippen LogP contribution in [-0.2, 0) is 4.74 Å². The second-order valence-electron chi connectivity index (χ2n) is 4.31. The molecule has 0 aliphatic carbocycles. The third-order valence-corrected chi connectivity index (χ3v) is 4.57. The van der Waals surface area contributed by atoms with Gasteiger partial charge >= 0.3 is 12.0 Å². The summed E-state index contributed by atoms with van der Waals surface area (Å²) in [5.74, 6) is -0.349. The zero-order chi connectivity index (χ0) is 14.0. The van der Waals surface area contributed by atoms with Crippen molar-refractivity contribution in [3.05, 3.63) is 14.5 Å². The molecule has 0 aromatic carbocycles. The fraction of sp³-hybridized carbons (Fsp3) is 0.545. The van der Waals surface area contributed by atoms with Crippen LogP contribution in [0, 0.1) is 6.92 Å². The minimum Gasteiger partial charge on any atom is -0.458 e. The van der Waals surface area contributed by atoms with Gasteiger partial charge in [0.1, 0.15) is 11.0 Å². The number of rotatable bonds is 2. The second kappa shape index (κ2) is 5.87. The summed E-state index contributed by atoms with van der Waals surface area (Å²) >= 11 is 4.50. The number of likely N-dealkylation sites (tertiary alicyclic amines) is 1. The maximum absolute atomic E-state index is 12.0. The van der Waals surface area contributed by atoms with E-state index in [0.717, 1.165) is 0 Å². The maximum atomic E-state index is 12.0. The first-order chi connectivity index (χ1) is 8.97. The molecule has 1 fully saturated rings. The summed E-state index contributed by atoms with van der Waals surface area (Å²) in [6, 6.07) is -0.424. The summed E-state index contributed by atoms with van der Waals surface area (Å²) in [4.78, 5) is 29.2. The van der Waals surface area contributed by atoms with Crippen LogP contribution in [0.4, 0.5) is 4.79 Å². The Balaban J connectivity index is 1.91. The van der Waals surface area contributed by atoms with Crippen LogP contribution < -0.4 is 5.73 Å². The Morgan fingerprint density at radius 1 is 1.47 bits per heavy atom. The van der Waals surface area contributed by atoms with Crippen molar-refractivity contribution in [2.45, 2.75) is 25.9 Å². The van der Waals surface area contributed by atoms with Crippen LogP contribution in [0.5, 0.6) is 0 Å². The molecule has 19 heavy (non-hydrogen) atoms. The van der Waals surface area contributed by atoms with Crippen molar-refractivity contribution in [1.82, 2.24) is 9.88 Å². The van der Waals surface area contributed by atoms with Crippen LogP contribution >= 0.6 is 27.3 Å². The molecule has 1 aromatic heterocycles. The number of esters is 1. The molecule has 0 bridgehead atoms. The Kier molecular flexibility index (Phi) is 4.41. The van der Waals surface area contributed by atoms with E-state index in [1.807, 2.05) is 0 Å². The average molecular weight is 348 g/mol. The molecule has 8 heteroatoms. The van der Waals surface area contributed by atoms with Crippen molar-refractivity contribution in [1.29, 1.82) is 0 Å². The number of ether oxygens (including phenoxy) is 1. The summed E-state index contributed by atoms with van der Waals surface area (Å²) in [7, 11) is 0. The number of hydrogen-bond acceptors (Lipinski definition) is 5. The minimum absolute atomic E-state index is 0.164. The SMILES string of the molecule is Cc1nc(Br)sc1C(=O)OC1CCN(C(N)=O)CC1. The molecule has 6 nitrogen and oxygen atoms in total. The van der Waals surface area contributed by atoms with Gasteiger partial charge in [0, 0.05) is 25.9 Å². The van der Waals surface area contributed by atoms with E-state index in [2.05, 4.69) is 20.9 Å². The van der Waals surface area contributed by atoms with Crippen LogP contribution in [0.3, 0.4) is 0 Å². The second-order valence-corrected chi connectivity index (χ2v) is 6.59. The number of carbonyl (C=O) groups is 2. The normalized spacial score (nSPS) is 16.4. The number of aryl methyl sites for hydroxylation is 1. The Hall–Kier alpha value is -1.15. The first-order valence-electron chi connectivity index (χ1n) is 5.85. The van der Waals surface area contributed by atoms with E-state index < -0.39 is 6.03 Å². The maximum Gasteiger partial charge on any atom is 0.350 e. The van der Waals surface area contributed by atoms with Crippen molar-refractivity contribution >= 4 is 39.3 Å². The zero-order valence-electron chi connectivity index (χ0n) is 10.4. The molecule has 0 unspecified atom stereocenters. The highest BCUT2D eigenvalue weighted by Crippen LogP contribution is 2.25. The Morgan fingerprint density at radius 3 is 2.58 bits per heavy atom. The van der Waals surface area contributed by atoms with E-state index >= 15 is 0 Å². The molecule has 2 heterocycles. The number of nitrogens with two attached hydrogens (primary N) is 1. The summed E-state index contributed by atoms with van der Waals surface area (Å²) < 4.78 is 6.10. The van der Waals surface area contributed by atoms with Crippen LogP contribution in [0.25, 0.3) is 0 Å². The molecule has 0 saturated carbocycles. The third kappa shape index (κ3) is 3.44. The lowest BCUT2D eigenvalue weighted by molar-refractivity contribution is 0.0160. The van der Waals surface area contributed by atoms with Crippen molar-refractivity contribution in [3.8, 4) is 0 Å². The largest absolute Gasteiger partial charge is 0.458 e. The van der Waals surface area contributed by atoms with E-state index in [-0.39, 0.29) is 12.1 Å². The summed E-state index contributed by atoms with van der Waals surface area (Å²) in [5, 5.41) is 0. The number of piperidine rings is 1. The smallest absolute Gasteiger partial charge is 0.350 e. The van der Waals surface area contributed by atoms with Gasteiger partial charge in [-0.25, -0.2) is 14.6 Å². The lowest BCUT2D eigenvalue weighted by atomic mass is 10.1. The number of nitrogens with zero attached hydrogens (tertiary/aromatic N) is 2. The van der Waals surface area contributed by atoms with Gasteiger partial charge in [-0.3, -0.25) is 0 Å². The minimum atomic E-state index is -0.424. The van der Waals surface area contributed by atoms with Gasteiger partial charge in [0.2, 0.25) is 0 Å². The van der Waals surface area contributed by atoms with Crippen molar-refractivity contribution < 1.29 is 14.3 Å². The summed E-state index contributed by atoms with van der Waals surface area (Å²) in [6.45, 7) is 2.82. The molecule has 0 atom stereocenters. The van der Waals surface area contributed by atoms with E-state index in [9.17, 15) is 9.59 Å². The highest BCUT2D eigenvalue weighted by Gasteiger charge is 2.26. The number of aromatic nitrogens is 1. The summed E-state index contributed by atoms with van der Waals surface area (Å²) in [6.07, 6.45) is 1.07. The zero-order valence-corrected chi connectivity index (χ0v) is 12.8. The van der Waals surface area contributed by atoms with Gasteiger partial charge in [0.15, 0.2) is 3.92 Å². The number of urea groups is 1. The molecule has 1 aliphatic heterocycles. The third-order valence-electron chi connectivity index (χ3n) is 2.98. The Morgan fingerprint density at radius 2 is 2.11 bits per heavy atom. The van der Waals surface area contributed by atoms with Crippen molar-refractivity contribution in [2.24, 2.45) is 5.73 Å². The van der Waals surface area contributed by atoms with Crippen molar-refractivity contribution in [3.63, 3.8) is 0 Å². The molecule has 1 saturated heterocycles. The number of amides is 2. The van der Waals surface area contributed by atoms with E-state index in [0.29, 0.717) is 40.4 Å². The molecule has 0 spiro atoms. The predicted molar refractivity (Wildman–Crippen MR) is 74.1 cm³/mol. The average Bonchev–Trinajstić information content (AvgIpc) is 2.69. The standard InChI is InChI=1S/C11H14BrN3O3S/c1-6-8(19-10(12)14-6)9(16)18-7-2-4-15(5-3-7)11(13)17/h7H,2-5H2,1H3,(H2,13,17). The lowest BCUT2D eigenvalue weighted by Crippen LogP contribution is -2.43. The molecule has 1 aliphatic rings. The Labute approximate surface area is 123 Å². The molecular weight excluding hydrogens is 334 g/mol. The van der Waals surface area contributed by atoms with Crippen LogP contribution in [-0.4, -0.2) is 41.1 Å². The fourth-order valence-electron chi connectivity index (χ4n) is 1.95. The number of hydrogen-bond donors (Lipinski definition) is 1. The highest BCUT2D eigenvalue weighted by molar-refractivity contribution is 9.11.